The zero-order chi connectivity index (χ0) is 14.3. The lowest BCUT2D eigenvalue weighted by Crippen LogP contribution is -2.25. The number of fused-ring (bicyclic) bond motifs is 1. The molecule has 0 atom stereocenters. The van der Waals surface area contributed by atoms with E-state index in [0.717, 1.165) is 11.1 Å². The minimum absolute atomic E-state index is 0.144. The number of carbonyl (C=O) groups excluding carboxylic acids is 2. The van der Waals surface area contributed by atoms with Crippen molar-refractivity contribution >= 4 is 11.6 Å². The fourth-order valence-corrected chi connectivity index (χ4v) is 2.48. The first-order valence-corrected chi connectivity index (χ1v) is 6.49. The Balaban J connectivity index is 2.13. The van der Waals surface area contributed by atoms with Gasteiger partial charge in [-0.05, 0) is 25.5 Å². The van der Waals surface area contributed by atoms with Gasteiger partial charge < -0.3 is 4.74 Å². The molecule has 0 aromatic heterocycles. The Hall–Kier alpha value is -2.42. The summed E-state index contributed by atoms with van der Waals surface area (Å²) >= 11 is 0. The first-order valence-electron chi connectivity index (χ1n) is 6.49. The lowest BCUT2D eigenvalue weighted by Gasteiger charge is -2.23. The molecular formula is C17H14O3. The molecule has 0 amide bonds. The number of hydrogen-bond donors (Lipinski definition) is 0. The van der Waals surface area contributed by atoms with E-state index in [0.29, 0.717) is 23.3 Å². The topological polar surface area (TPSA) is 43.4 Å². The molecule has 1 aliphatic heterocycles. The van der Waals surface area contributed by atoms with Gasteiger partial charge in [-0.2, -0.15) is 0 Å². The van der Waals surface area contributed by atoms with Crippen LogP contribution in [0, 0.1) is 0 Å². The predicted octanol–water partition coefficient (Wildman–Crippen LogP) is 3.24. The molecule has 0 radical (unpaired) electrons. The quantitative estimate of drug-likeness (QED) is 0.783. The molecule has 1 heterocycles. The Morgan fingerprint density at radius 2 is 1.75 bits per heavy atom. The van der Waals surface area contributed by atoms with E-state index in [2.05, 4.69) is 0 Å². The van der Waals surface area contributed by atoms with Gasteiger partial charge in [-0.25, -0.2) is 0 Å². The number of hydrogen-bond acceptors (Lipinski definition) is 3. The maximum atomic E-state index is 12.5. The van der Waals surface area contributed by atoms with Crippen LogP contribution in [-0.4, -0.2) is 18.2 Å². The van der Waals surface area contributed by atoms with E-state index in [1.54, 1.807) is 30.3 Å². The maximum Gasteiger partial charge on any atom is 0.229 e. The highest BCUT2D eigenvalue weighted by Crippen LogP contribution is 2.31. The molecule has 2 aliphatic rings. The molecule has 3 nitrogen and oxygen atoms in total. The molecule has 3 rings (SSSR count). The second-order valence-corrected chi connectivity index (χ2v) is 5.18. The SMILES string of the molecule is CC(C)=CC1=CC2=C(OC1)C(=O)c1ccccc1C2=O. The first-order chi connectivity index (χ1) is 9.58. The third-order valence-electron chi connectivity index (χ3n) is 3.30. The minimum Gasteiger partial charge on any atom is -0.484 e. The summed E-state index contributed by atoms with van der Waals surface area (Å²) < 4.78 is 5.53. The van der Waals surface area contributed by atoms with Crippen molar-refractivity contribution in [1.29, 1.82) is 0 Å². The number of rotatable bonds is 1. The van der Waals surface area contributed by atoms with Gasteiger partial charge in [-0.15, -0.1) is 0 Å². The van der Waals surface area contributed by atoms with Crippen LogP contribution >= 0.6 is 0 Å². The Bertz CT molecular complexity index is 714. The van der Waals surface area contributed by atoms with Gasteiger partial charge in [-0.3, -0.25) is 9.59 Å². The molecule has 0 N–H and O–H groups in total. The second kappa shape index (κ2) is 4.60. The van der Waals surface area contributed by atoms with E-state index >= 15 is 0 Å². The first kappa shape index (κ1) is 12.6. The standard InChI is InChI=1S/C17H14O3/c1-10(2)7-11-8-14-15(18)12-5-3-4-6-13(12)16(19)17(14)20-9-11/h3-8H,9H2,1-2H3. The van der Waals surface area contributed by atoms with E-state index in [4.69, 9.17) is 4.74 Å². The van der Waals surface area contributed by atoms with E-state index in [1.807, 2.05) is 19.9 Å². The highest BCUT2D eigenvalue weighted by molar-refractivity contribution is 6.27. The van der Waals surface area contributed by atoms with Crippen molar-refractivity contribution in [3.8, 4) is 0 Å². The van der Waals surface area contributed by atoms with Gasteiger partial charge in [0, 0.05) is 11.1 Å². The monoisotopic (exact) mass is 266 g/mol. The summed E-state index contributed by atoms with van der Waals surface area (Å²) in [5, 5.41) is 0. The van der Waals surface area contributed by atoms with Crippen molar-refractivity contribution in [1.82, 2.24) is 0 Å². The summed E-state index contributed by atoms with van der Waals surface area (Å²) in [6.07, 6.45) is 3.73. The summed E-state index contributed by atoms with van der Waals surface area (Å²) in [7, 11) is 0. The third kappa shape index (κ3) is 1.92. The van der Waals surface area contributed by atoms with Crippen LogP contribution in [0.3, 0.4) is 0 Å². The minimum atomic E-state index is -0.206. The average Bonchev–Trinajstić information content (AvgIpc) is 2.44. The Morgan fingerprint density at radius 1 is 1.10 bits per heavy atom. The van der Waals surface area contributed by atoms with Crippen molar-refractivity contribution in [3.05, 3.63) is 70.0 Å². The summed E-state index contributed by atoms with van der Waals surface area (Å²) in [4.78, 5) is 24.8. The number of ether oxygens (including phenoxy) is 1. The molecule has 0 saturated heterocycles. The van der Waals surface area contributed by atoms with Gasteiger partial charge in [-0.1, -0.05) is 35.9 Å². The molecule has 20 heavy (non-hydrogen) atoms. The van der Waals surface area contributed by atoms with E-state index < -0.39 is 0 Å². The van der Waals surface area contributed by atoms with Crippen molar-refractivity contribution < 1.29 is 14.3 Å². The van der Waals surface area contributed by atoms with Crippen LogP contribution in [0.1, 0.15) is 34.6 Å². The van der Waals surface area contributed by atoms with Crippen LogP contribution in [0.5, 0.6) is 0 Å². The lowest BCUT2D eigenvalue weighted by molar-refractivity contribution is 0.0884. The smallest absolute Gasteiger partial charge is 0.229 e. The van der Waals surface area contributed by atoms with Gasteiger partial charge in [0.05, 0.1) is 5.57 Å². The second-order valence-electron chi connectivity index (χ2n) is 5.18. The highest BCUT2D eigenvalue weighted by Gasteiger charge is 2.34. The highest BCUT2D eigenvalue weighted by atomic mass is 16.5. The predicted molar refractivity (Wildman–Crippen MR) is 75.6 cm³/mol. The van der Waals surface area contributed by atoms with Crippen molar-refractivity contribution in [2.24, 2.45) is 0 Å². The molecule has 1 aromatic carbocycles. The van der Waals surface area contributed by atoms with Gasteiger partial charge in [0.1, 0.15) is 6.61 Å². The number of allylic oxidation sites excluding steroid dienone is 4. The molecule has 0 spiro atoms. The molecule has 1 aromatic rings. The fraction of sp³-hybridized carbons (Fsp3) is 0.176. The third-order valence-corrected chi connectivity index (χ3v) is 3.30. The normalized spacial score (nSPS) is 17.0. The Kier molecular flexibility index (Phi) is 2.90. The zero-order valence-corrected chi connectivity index (χ0v) is 11.4. The molecule has 0 bridgehead atoms. The van der Waals surface area contributed by atoms with Crippen molar-refractivity contribution in [2.45, 2.75) is 13.8 Å². The van der Waals surface area contributed by atoms with Crippen LogP contribution in [0.15, 0.2) is 58.9 Å². The summed E-state index contributed by atoms with van der Waals surface area (Å²) in [6.45, 7) is 4.28. The molecular weight excluding hydrogens is 252 g/mol. The summed E-state index contributed by atoms with van der Waals surface area (Å²) in [5.74, 6) is -0.170. The van der Waals surface area contributed by atoms with Crippen LogP contribution in [0.2, 0.25) is 0 Å². The number of Topliss-reactive ketones (excluding diaryl/α,β-unsaturated/α-hetero) is 2. The van der Waals surface area contributed by atoms with E-state index in [-0.39, 0.29) is 17.3 Å². The molecule has 100 valence electrons. The molecule has 0 unspecified atom stereocenters. The van der Waals surface area contributed by atoms with Gasteiger partial charge in [0.15, 0.2) is 11.5 Å². The Labute approximate surface area is 117 Å². The molecule has 0 fully saturated rings. The molecule has 3 heteroatoms. The van der Waals surface area contributed by atoms with E-state index in [9.17, 15) is 9.59 Å². The Morgan fingerprint density at radius 3 is 2.40 bits per heavy atom. The lowest BCUT2D eigenvalue weighted by atomic mass is 9.86. The number of benzene rings is 1. The van der Waals surface area contributed by atoms with Crippen LogP contribution in [0.4, 0.5) is 0 Å². The van der Waals surface area contributed by atoms with Gasteiger partial charge >= 0.3 is 0 Å². The summed E-state index contributed by atoms with van der Waals surface area (Å²) in [6, 6.07) is 6.86. The molecule has 0 saturated carbocycles. The van der Waals surface area contributed by atoms with Crippen molar-refractivity contribution in [3.63, 3.8) is 0 Å². The zero-order valence-electron chi connectivity index (χ0n) is 11.4. The van der Waals surface area contributed by atoms with Crippen LogP contribution in [-0.2, 0) is 4.74 Å². The molecule has 1 aliphatic carbocycles. The largest absolute Gasteiger partial charge is 0.484 e. The van der Waals surface area contributed by atoms with Gasteiger partial charge in [0.2, 0.25) is 5.78 Å². The van der Waals surface area contributed by atoms with Gasteiger partial charge in [0.25, 0.3) is 0 Å². The maximum absolute atomic E-state index is 12.5. The number of carbonyl (C=O) groups is 2. The summed E-state index contributed by atoms with van der Waals surface area (Å²) in [5.41, 5.74) is 3.28. The van der Waals surface area contributed by atoms with E-state index in [1.165, 1.54) is 0 Å². The van der Waals surface area contributed by atoms with Crippen LogP contribution < -0.4 is 0 Å². The van der Waals surface area contributed by atoms with Crippen LogP contribution in [0.25, 0.3) is 0 Å². The number of ketones is 2. The average molecular weight is 266 g/mol. The fourth-order valence-electron chi connectivity index (χ4n) is 2.48. The van der Waals surface area contributed by atoms with Crippen molar-refractivity contribution in [2.75, 3.05) is 6.61 Å².